The molecule has 0 radical (unpaired) electrons. The van der Waals surface area contributed by atoms with Crippen molar-refractivity contribution in [2.24, 2.45) is 0 Å². The van der Waals surface area contributed by atoms with Crippen molar-refractivity contribution in [3.8, 4) is 17.0 Å². The molecule has 0 atom stereocenters. The topological polar surface area (TPSA) is 66.0 Å². The zero-order chi connectivity index (χ0) is 14.5. The van der Waals surface area contributed by atoms with Gasteiger partial charge in [-0.1, -0.05) is 35.5 Å². The summed E-state index contributed by atoms with van der Waals surface area (Å²) < 4.78 is 7.52. The Bertz CT molecular complexity index is 692. The molecule has 0 aliphatic carbocycles. The lowest BCUT2D eigenvalue weighted by Crippen LogP contribution is -2.10. The molecule has 2 N–H and O–H groups in total. The highest BCUT2D eigenvalue weighted by Gasteiger charge is 2.06. The Balaban J connectivity index is 1.64. The average molecular weight is 280 g/mol. The number of nitrogens with zero attached hydrogens (tertiary/aromatic N) is 3. The van der Waals surface area contributed by atoms with Gasteiger partial charge in [-0.2, -0.15) is 0 Å². The molecule has 21 heavy (non-hydrogen) atoms. The third-order valence-electron chi connectivity index (χ3n) is 3.14. The maximum Gasteiger partial charge on any atom is 0.119 e. The summed E-state index contributed by atoms with van der Waals surface area (Å²) in [6.07, 6.45) is 1.76. The third-order valence-corrected chi connectivity index (χ3v) is 3.14. The van der Waals surface area contributed by atoms with E-state index in [4.69, 9.17) is 10.5 Å². The van der Waals surface area contributed by atoms with Gasteiger partial charge in [-0.15, -0.1) is 5.10 Å². The summed E-state index contributed by atoms with van der Waals surface area (Å²) >= 11 is 0. The summed E-state index contributed by atoms with van der Waals surface area (Å²) in [4.78, 5) is 0. The maximum atomic E-state index is 5.68. The van der Waals surface area contributed by atoms with Crippen LogP contribution >= 0.6 is 0 Å². The van der Waals surface area contributed by atoms with Gasteiger partial charge in [-0.05, 0) is 24.3 Å². The van der Waals surface area contributed by atoms with Crippen LogP contribution in [0.1, 0.15) is 0 Å². The van der Waals surface area contributed by atoms with Crippen LogP contribution in [0.5, 0.6) is 5.75 Å². The molecule has 0 fully saturated rings. The first-order chi connectivity index (χ1) is 10.3. The molecule has 106 valence electrons. The minimum Gasteiger partial charge on any atom is -0.492 e. The Labute approximate surface area is 123 Å². The first kappa shape index (κ1) is 13.2. The number of rotatable bonds is 5. The van der Waals surface area contributed by atoms with Crippen LogP contribution in [-0.4, -0.2) is 21.6 Å². The van der Waals surface area contributed by atoms with Crippen molar-refractivity contribution >= 4 is 5.69 Å². The summed E-state index contributed by atoms with van der Waals surface area (Å²) in [7, 11) is 0. The molecular formula is C16H16N4O. The highest BCUT2D eigenvalue weighted by atomic mass is 16.5. The molecule has 5 heteroatoms. The largest absolute Gasteiger partial charge is 0.492 e. The van der Waals surface area contributed by atoms with Gasteiger partial charge < -0.3 is 10.5 Å². The highest BCUT2D eigenvalue weighted by Crippen LogP contribution is 2.17. The number of nitrogens with two attached hydrogens (primary N) is 1. The second kappa shape index (κ2) is 6.09. The lowest BCUT2D eigenvalue weighted by molar-refractivity contribution is 0.290. The van der Waals surface area contributed by atoms with Gasteiger partial charge in [0.05, 0.1) is 18.4 Å². The van der Waals surface area contributed by atoms with E-state index in [1.54, 1.807) is 6.20 Å². The van der Waals surface area contributed by atoms with Gasteiger partial charge in [0.1, 0.15) is 12.4 Å². The molecule has 0 saturated carbocycles. The molecule has 2 aromatic carbocycles. The normalized spacial score (nSPS) is 10.5. The van der Waals surface area contributed by atoms with Crippen LogP contribution in [0, 0.1) is 0 Å². The van der Waals surface area contributed by atoms with Gasteiger partial charge >= 0.3 is 0 Å². The third kappa shape index (κ3) is 3.20. The molecule has 0 aliphatic heterocycles. The fourth-order valence-electron chi connectivity index (χ4n) is 2.07. The van der Waals surface area contributed by atoms with E-state index in [1.807, 2.05) is 59.3 Å². The number of anilines is 1. The Morgan fingerprint density at radius 3 is 2.52 bits per heavy atom. The minimum atomic E-state index is 0.521. The van der Waals surface area contributed by atoms with Crippen LogP contribution in [0.25, 0.3) is 11.3 Å². The van der Waals surface area contributed by atoms with Crippen molar-refractivity contribution < 1.29 is 4.74 Å². The number of nitrogen functional groups attached to an aromatic ring is 1. The molecular weight excluding hydrogens is 264 g/mol. The molecule has 0 spiro atoms. The molecule has 5 nitrogen and oxygen atoms in total. The van der Waals surface area contributed by atoms with Crippen molar-refractivity contribution in [3.05, 3.63) is 60.8 Å². The predicted octanol–water partition coefficient (Wildman–Crippen LogP) is 2.61. The molecule has 0 amide bonds. The molecule has 3 rings (SSSR count). The summed E-state index contributed by atoms with van der Waals surface area (Å²) in [5, 5.41) is 8.08. The Morgan fingerprint density at radius 1 is 1.00 bits per heavy atom. The van der Waals surface area contributed by atoms with Gasteiger partial charge in [-0.25, -0.2) is 4.68 Å². The zero-order valence-electron chi connectivity index (χ0n) is 11.5. The second-order valence-corrected chi connectivity index (χ2v) is 4.63. The van der Waals surface area contributed by atoms with Crippen LogP contribution in [0.2, 0.25) is 0 Å². The summed E-state index contributed by atoms with van der Waals surface area (Å²) in [5.74, 6) is 0.797. The van der Waals surface area contributed by atoms with Crippen molar-refractivity contribution in [1.82, 2.24) is 15.0 Å². The summed E-state index contributed by atoms with van der Waals surface area (Å²) in [6.45, 7) is 1.15. The van der Waals surface area contributed by atoms with E-state index in [-0.39, 0.29) is 0 Å². The number of hydrogen-bond acceptors (Lipinski definition) is 4. The lowest BCUT2D eigenvalue weighted by atomic mass is 10.2. The molecule has 0 saturated heterocycles. The molecule has 1 heterocycles. The number of benzene rings is 2. The van der Waals surface area contributed by atoms with Crippen molar-refractivity contribution in [2.75, 3.05) is 12.3 Å². The molecule has 0 unspecified atom stereocenters. The van der Waals surface area contributed by atoms with Crippen LogP contribution in [0.15, 0.2) is 60.8 Å². The van der Waals surface area contributed by atoms with Crippen molar-refractivity contribution in [2.45, 2.75) is 6.54 Å². The van der Waals surface area contributed by atoms with E-state index in [0.29, 0.717) is 13.2 Å². The van der Waals surface area contributed by atoms with E-state index >= 15 is 0 Å². The van der Waals surface area contributed by atoms with Gasteiger partial charge in [-0.3, -0.25) is 0 Å². The van der Waals surface area contributed by atoms with Crippen LogP contribution in [0.4, 0.5) is 5.69 Å². The van der Waals surface area contributed by atoms with Crippen molar-refractivity contribution in [3.63, 3.8) is 0 Å². The molecule has 0 aliphatic rings. The Morgan fingerprint density at radius 2 is 1.76 bits per heavy atom. The van der Waals surface area contributed by atoms with E-state index in [1.165, 1.54) is 0 Å². The SMILES string of the molecule is Nc1ccc(OCCn2nncc2-c2ccccc2)cc1. The smallest absolute Gasteiger partial charge is 0.119 e. The van der Waals surface area contributed by atoms with Gasteiger partial charge in [0.2, 0.25) is 0 Å². The maximum absolute atomic E-state index is 5.68. The number of ether oxygens (including phenoxy) is 1. The van der Waals surface area contributed by atoms with Crippen LogP contribution in [-0.2, 0) is 6.54 Å². The average Bonchev–Trinajstić information content (AvgIpc) is 2.99. The lowest BCUT2D eigenvalue weighted by Gasteiger charge is -2.08. The zero-order valence-corrected chi connectivity index (χ0v) is 11.5. The molecule has 0 bridgehead atoms. The molecule has 1 aromatic heterocycles. The quantitative estimate of drug-likeness (QED) is 0.730. The fraction of sp³-hybridized carbons (Fsp3) is 0.125. The van der Waals surface area contributed by atoms with Gasteiger partial charge in [0.25, 0.3) is 0 Å². The van der Waals surface area contributed by atoms with Crippen LogP contribution in [0.3, 0.4) is 0 Å². The van der Waals surface area contributed by atoms with E-state index in [0.717, 1.165) is 22.7 Å². The van der Waals surface area contributed by atoms with Gasteiger partial charge in [0, 0.05) is 11.3 Å². The first-order valence-corrected chi connectivity index (χ1v) is 6.75. The van der Waals surface area contributed by atoms with Crippen molar-refractivity contribution in [1.29, 1.82) is 0 Å². The molecule has 3 aromatic rings. The Kier molecular flexibility index (Phi) is 3.82. The fourth-order valence-corrected chi connectivity index (χ4v) is 2.07. The summed E-state index contributed by atoms with van der Waals surface area (Å²) in [6, 6.07) is 17.4. The summed E-state index contributed by atoms with van der Waals surface area (Å²) in [5.41, 5.74) is 8.44. The van der Waals surface area contributed by atoms with Gasteiger partial charge in [0.15, 0.2) is 0 Å². The first-order valence-electron chi connectivity index (χ1n) is 6.75. The Hall–Kier alpha value is -2.82. The second-order valence-electron chi connectivity index (χ2n) is 4.63. The number of hydrogen-bond donors (Lipinski definition) is 1. The predicted molar refractivity (Wildman–Crippen MR) is 81.8 cm³/mol. The minimum absolute atomic E-state index is 0.521. The van der Waals surface area contributed by atoms with E-state index in [2.05, 4.69) is 10.3 Å². The van der Waals surface area contributed by atoms with Crippen LogP contribution < -0.4 is 10.5 Å². The highest BCUT2D eigenvalue weighted by molar-refractivity contribution is 5.57. The van der Waals surface area contributed by atoms with E-state index < -0.39 is 0 Å². The van der Waals surface area contributed by atoms with E-state index in [9.17, 15) is 0 Å². The monoisotopic (exact) mass is 280 g/mol. The standard InChI is InChI=1S/C16H16N4O/c17-14-6-8-15(9-7-14)21-11-10-20-16(12-18-19-20)13-4-2-1-3-5-13/h1-9,12H,10-11,17H2. The number of aromatic nitrogens is 3.